The summed E-state index contributed by atoms with van der Waals surface area (Å²) < 4.78 is 28.0. The first-order chi connectivity index (χ1) is 15.7. The Balaban J connectivity index is 1.85. The molecule has 0 bridgehead atoms. The fourth-order valence-corrected chi connectivity index (χ4v) is 4.03. The average Bonchev–Trinajstić information content (AvgIpc) is 3.21. The lowest BCUT2D eigenvalue weighted by molar-refractivity contribution is -0.394. The molecule has 0 radical (unpaired) electrons. The van der Waals surface area contributed by atoms with E-state index < -0.39 is 38.8 Å². The molecule has 13 heteroatoms. The number of carbonyl (C=O) groups is 1. The average molecular weight is 471 g/mol. The van der Waals surface area contributed by atoms with Crippen LogP contribution in [-0.4, -0.2) is 25.7 Å². The molecule has 0 aliphatic heterocycles. The van der Waals surface area contributed by atoms with Crippen LogP contribution in [0.3, 0.4) is 0 Å². The number of non-ortho nitro benzene ring substituents is 2. The number of hydrogen-bond donors (Lipinski definition) is 0. The quantitative estimate of drug-likeness (QED) is 0.296. The van der Waals surface area contributed by atoms with Gasteiger partial charge >= 0.3 is 0 Å². The molecule has 0 N–H and O–H groups in total. The van der Waals surface area contributed by atoms with Crippen LogP contribution in [0.25, 0.3) is 10.2 Å². The molecular weight excluding hydrogens is 460 g/mol. The second-order valence-electron chi connectivity index (χ2n) is 6.70. The van der Waals surface area contributed by atoms with E-state index in [1.54, 1.807) is 18.2 Å². The monoisotopic (exact) mass is 471 g/mol. The number of thiazole rings is 1. The van der Waals surface area contributed by atoms with E-state index in [9.17, 15) is 33.8 Å². The van der Waals surface area contributed by atoms with Crippen molar-refractivity contribution in [2.45, 2.75) is 6.54 Å². The molecule has 0 spiro atoms. The maximum Gasteiger partial charge on any atom is 0.277 e. The Morgan fingerprint density at radius 3 is 2.33 bits per heavy atom. The third kappa shape index (κ3) is 4.48. The zero-order chi connectivity index (χ0) is 23.7. The number of hydrogen-bond acceptors (Lipinski definition) is 8. The molecule has 0 fully saturated rings. The van der Waals surface area contributed by atoms with Gasteiger partial charge < -0.3 is 0 Å². The zero-order valence-corrected chi connectivity index (χ0v) is 17.2. The van der Waals surface area contributed by atoms with Crippen molar-refractivity contribution in [3.05, 3.63) is 97.8 Å². The molecule has 0 aliphatic carbocycles. The minimum atomic E-state index is -0.927. The van der Waals surface area contributed by atoms with E-state index >= 15 is 0 Å². The van der Waals surface area contributed by atoms with Gasteiger partial charge in [-0.05, 0) is 18.2 Å². The third-order valence-corrected chi connectivity index (χ3v) is 5.52. The molecule has 2 aromatic heterocycles. The highest BCUT2D eigenvalue weighted by Gasteiger charge is 2.27. The van der Waals surface area contributed by atoms with Gasteiger partial charge in [-0.3, -0.25) is 34.9 Å². The van der Waals surface area contributed by atoms with Gasteiger partial charge in [0.2, 0.25) is 0 Å². The van der Waals surface area contributed by atoms with Gasteiger partial charge in [0.15, 0.2) is 10.9 Å². The molecule has 33 heavy (non-hydrogen) atoms. The molecule has 0 saturated carbocycles. The summed E-state index contributed by atoms with van der Waals surface area (Å²) in [5.41, 5.74) is -1.42. The van der Waals surface area contributed by atoms with Crippen molar-refractivity contribution in [2.24, 2.45) is 0 Å². The molecule has 0 saturated heterocycles. The maximum absolute atomic E-state index is 14.2. The molecule has 0 atom stereocenters. The molecule has 2 heterocycles. The van der Waals surface area contributed by atoms with E-state index in [1.807, 2.05) is 0 Å². The smallest absolute Gasteiger partial charge is 0.277 e. The Morgan fingerprint density at radius 1 is 1.03 bits per heavy atom. The molecule has 0 aliphatic rings. The number of aromatic nitrogens is 2. The van der Waals surface area contributed by atoms with E-state index in [0.717, 1.165) is 40.5 Å². The number of nitro groups is 2. The van der Waals surface area contributed by atoms with E-state index in [1.165, 1.54) is 6.20 Å². The minimum Gasteiger partial charge on any atom is -0.278 e. The van der Waals surface area contributed by atoms with Gasteiger partial charge in [0.05, 0.1) is 38.4 Å². The van der Waals surface area contributed by atoms with Gasteiger partial charge in [-0.15, -0.1) is 0 Å². The Bertz CT molecular complexity index is 1380. The topological polar surface area (TPSA) is 132 Å². The summed E-state index contributed by atoms with van der Waals surface area (Å²) >= 11 is 0.815. The van der Waals surface area contributed by atoms with Gasteiger partial charge in [-0.2, -0.15) is 0 Å². The van der Waals surface area contributed by atoms with Crippen LogP contribution in [0.2, 0.25) is 0 Å². The largest absolute Gasteiger partial charge is 0.278 e. The van der Waals surface area contributed by atoms with Crippen LogP contribution in [0.4, 0.5) is 25.3 Å². The standard InChI is InChI=1S/C20H11F2N5O5S/c21-12-7-16(22)18-17(8-12)33-20(24-18)25(10-13-3-1-2-4-23-13)19(28)11-5-14(26(29)30)9-15(6-11)27(31)32/h1-9H,10H2. The van der Waals surface area contributed by atoms with Crippen LogP contribution in [0, 0.1) is 31.9 Å². The molecule has 166 valence electrons. The van der Waals surface area contributed by atoms with Crippen molar-refractivity contribution >= 4 is 44.0 Å². The molecular formula is C20H11F2N5O5S. The first-order valence-corrected chi connectivity index (χ1v) is 9.96. The number of amides is 1. The Kier molecular flexibility index (Phi) is 5.70. The lowest BCUT2D eigenvalue weighted by atomic mass is 10.1. The molecule has 4 rings (SSSR count). The number of anilines is 1. The fraction of sp³-hybridized carbons (Fsp3) is 0.0500. The van der Waals surface area contributed by atoms with Crippen molar-refractivity contribution in [2.75, 3.05) is 4.90 Å². The van der Waals surface area contributed by atoms with Crippen LogP contribution in [0.15, 0.2) is 54.7 Å². The van der Waals surface area contributed by atoms with Crippen LogP contribution in [0.1, 0.15) is 16.1 Å². The second-order valence-corrected chi connectivity index (χ2v) is 7.70. The van der Waals surface area contributed by atoms with Crippen LogP contribution in [0.5, 0.6) is 0 Å². The van der Waals surface area contributed by atoms with Gasteiger partial charge in [0.25, 0.3) is 17.3 Å². The summed E-state index contributed by atoms with van der Waals surface area (Å²) in [6.07, 6.45) is 1.48. The predicted molar refractivity (Wildman–Crippen MR) is 114 cm³/mol. The Hall–Kier alpha value is -4.39. The van der Waals surface area contributed by atoms with Crippen molar-refractivity contribution < 1.29 is 23.4 Å². The zero-order valence-electron chi connectivity index (χ0n) is 16.3. The number of fused-ring (bicyclic) bond motifs is 1. The number of benzene rings is 2. The number of nitro benzene ring substituents is 2. The van der Waals surface area contributed by atoms with E-state index in [2.05, 4.69) is 9.97 Å². The second kappa shape index (κ2) is 8.63. The summed E-state index contributed by atoms with van der Waals surface area (Å²) in [6.45, 7) is -0.180. The number of pyridine rings is 1. The van der Waals surface area contributed by atoms with E-state index in [4.69, 9.17) is 0 Å². The van der Waals surface area contributed by atoms with Gasteiger partial charge in [0, 0.05) is 24.4 Å². The molecule has 10 nitrogen and oxygen atoms in total. The molecule has 1 amide bonds. The van der Waals surface area contributed by atoms with Crippen molar-refractivity contribution in [3.63, 3.8) is 0 Å². The SMILES string of the molecule is O=C(c1cc([N+](=O)[O-])cc([N+](=O)[O-])c1)N(Cc1ccccn1)c1nc2c(F)cc(F)cc2s1. The number of carbonyl (C=O) groups excluding carboxylic acids is 1. The van der Waals surface area contributed by atoms with Gasteiger partial charge in [-0.1, -0.05) is 17.4 Å². The molecule has 4 aromatic rings. The summed E-state index contributed by atoms with van der Waals surface area (Å²) in [5, 5.41) is 22.4. The number of rotatable bonds is 6. The van der Waals surface area contributed by atoms with Crippen molar-refractivity contribution in [1.29, 1.82) is 0 Å². The number of nitrogens with zero attached hydrogens (tertiary/aromatic N) is 5. The Morgan fingerprint density at radius 2 is 1.73 bits per heavy atom. The fourth-order valence-electron chi connectivity index (χ4n) is 3.03. The maximum atomic E-state index is 14.2. The highest BCUT2D eigenvalue weighted by Crippen LogP contribution is 2.33. The van der Waals surface area contributed by atoms with Crippen molar-refractivity contribution in [3.8, 4) is 0 Å². The van der Waals surface area contributed by atoms with Crippen LogP contribution >= 0.6 is 11.3 Å². The first-order valence-electron chi connectivity index (χ1n) is 9.14. The van der Waals surface area contributed by atoms with Gasteiger partial charge in [-0.25, -0.2) is 13.8 Å². The predicted octanol–water partition coefficient (Wildman–Crippen LogP) is 4.63. The van der Waals surface area contributed by atoms with Crippen LogP contribution < -0.4 is 4.90 Å². The van der Waals surface area contributed by atoms with Crippen LogP contribution in [-0.2, 0) is 6.54 Å². The lowest BCUT2D eigenvalue weighted by Gasteiger charge is -2.19. The first kappa shape index (κ1) is 21.8. The third-order valence-electron chi connectivity index (χ3n) is 4.50. The summed E-state index contributed by atoms with van der Waals surface area (Å²) in [5.74, 6) is -2.62. The van der Waals surface area contributed by atoms with E-state index in [-0.39, 0.29) is 27.5 Å². The molecule has 0 unspecified atom stereocenters. The minimum absolute atomic E-state index is 0.0423. The lowest BCUT2D eigenvalue weighted by Crippen LogP contribution is -2.30. The normalized spacial score (nSPS) is 10.8. The molecule has 2 aromatic carbocycles. The summed E-state index contributed by atoms with van der Waals surface area (Å²) in [7, 11) is 0. The van der Waals surface area contributed by atoms with E-state index in [0.29, 0.717) is 11.8 Å². The summed E-state index contributed by atoms with van der Waals surface area (Å²) in [6, 6.07) is 9.15. The summed E-state index contributed by atoms with van der Waals surface area (Å²) in [4.78, 5) is 43.4. The Labute approximate surface area is 187 Å². The van der Waals surface area contributed by atoms with Crippen molar-refractivity contribution in [1.82, 2.24) is 9.97 Å². The number of halogens is 2. The highest BCUT2D eigenvalue weighted by atomic mass is 32.1. The van der Waals surface area contributed by atoms with Gasteiger partial charge in [0.1, 0.15) is 11.3 Å². The highest BCUT2D eigenvalue weighted by molar-refractivity contribution is 7.22.